The largest absolute Gasteiger partial charge is 0.437 e. The van der Waals surface area contributed by atoms with Crippen LogP contribution < -0.4 is 10.1 Å². The fourth-order valence-corrected chi connectivity index (χ4v) is 4.67. The van der Waals surface area contributed by atoms with Crippen LogP contribution in [-0.4, -0.2) is 32.1 Å². The number of nitrogens with one attached hydrogen (secondary N) is 1. The highest BCUT2D eigenvalue weighted by atomic mass is 19.1. The number of ether oxygens (including phenoxy) is 1. The maximum atomic E-state index is 14.8. The average molecular weight is 557 g/mol. The second-order valence-corrected chi connectivity index (χ2v) is 10.5. The first-order valence-electron chi connectivity index (χ1n) is 13.4. The van der Waals surface area contributed by atoms with Crippen molar-refractivity contribution < 1.29 is 27.9 Å². The van der Waals surface area contributed by atoms with Gasteiger partial charge in [-0.05, 0) is 62.1 Å². The number of halogens is 2. The molecule has 0 bridgehead atoms. The van der Waals surface area contributed by atoms with Gasteiger partial charge < -0.3 is 10.1 Å². The SMILES string of the molecule is O=C(Cc1cn2nc(Oc3ccc(/C=C/CC(=O)C4(C(=O)Nc5cccc(F)c5)CC4)c(F)c3)ccc2n1)C1CC1. The second kappa shape index (κ2) is 10.7. The van der Waals surface area contributed by atoms with E-state index in [-0.39, 0.29) is 47.5 Å². The van der Waals surface area contributed by atoms with E-state index in [4.69, 9.17) is 4.74 Å². The highest BCUT2D eigenvalue weighted by molar-refractivity contribution is 6.14. The van der Waals surface area contributed by atoms with E-state index in [1.807, 2.05) is 0 Å². The number of carbonyl (C=O) groups is 3. The topological polar surface area (TPSA) is 103 Å². The minimum atomic E-state index is -1.14. The normalized spacial score (nSPS) is 15.7. The van der Waals surface area contributed by atoms with Crippen molar-refractivity contribution in [3.63, 3.8) is 0 Å². The van der Waals surface area contributed by atoms with Crippen LogP contribution in [0.3, 0.4) is 0 Å². The number of amides is 1. The van der Waals surface area contributed by atoms with Gasteiger partial charge in [0.1, 0.15) is 28.6 Å². The van der Waals surface area contributed by atoms with E-state index in [1.54, 1.807) is 30.5 Å². The van der Waals surface area contributed by atoms with Crippen LogP contribution in [0.4, 0.5) is 14.5 Å². The van der Waals surface area contributed by atoms with Gasteiger partial charge in [0.05, 0.1) is 18.3 Å². The third kappa shape index (κ3) is 5.91. The molecule has 2 aliphatic rings. The molecule has 41 heavy (non-hydrogen) atoms. The summed E-state index contributed by atoms with van der Waals surface area (Å²) in [6, 6.07) is 13.1. The Bertz CT molecular complexity index is 1710. The summed E-state index contributed by atoms with van der Waals surface area (Å²) in [4.78, 5) is 42.0. The van der Waals surface area contributed by atoms with Crippen LogP contribution in [0.15, 0.2) is 66.9 Å². The highest BCUT2D eigenvalue weighted by Gasteiger charge is 2.55. The molecule has 0 aliphatic heterocycles. The molecule has 2 aromatic carbocycles. The van der Waals surface area contributed by atoms with Gasteiger partial charge in [-0.3, -0.25) is 14.4 Å². The molecule has 0 unspecified atom stereocenters. The minimum Gasteiger partial charge on any atom is -0.437 e. The zero-order chi connectivity index (χ0) is 28.6. The number of aromatic nitrogens is 3. The molecule has 8 nitrogen and oxygen atoms in total. The van der Waals surface area contributed by atoms with Crippen molar-refractivity contribution >= 4 is 34.9 Å². The smallest absolute Gasteiger partial charge is 0.238 e. The van der Waals surface area contributed by atoms with Gasteiger partial charge in [0, 0.05) is 35.7 Å². The molecule has 2 aromatic heterocycles. The van der Waals surface area contributed by atoms with E-state index in [2.05, 4.69) is 15.4 Å². The fraction of sp³-hybridized carbons (Fsp3) is 0.258. The van der Waals surface area contributed by atoms with E-state index >= 15 is 0 Å². The second-order valence-electron chi connectivity index (χ2n) is 10.5. The molecular formula is C31H26F2N4O4. The third-order valence-corrected chi connectivity index (χ3v) is 7.33. The molecule has 4 aromatic rings. The van der Waals surface area contributed by atoms with Crippen molar-refractivity contribution in [3.05, 3.63) is 89.8 Å². The van der Waals surface area contributed by atoms with Gasteiger partial charge in [-0.25, -0.2) is 18.3 Å². The van der Waals surface area contributed by atoms with Crippen LogP contribution in [0.25, 0.3) is 11.7 Å². The predicted octanol–water partition coefficient (Wildman–Crippen LogP) is 5.71. The number of hydrogen-bond acceptors (Lipinski definition) is 6. The molecule has 0 spiro atoms. The Morgan fingerprint density at radius 1 is 1.07 bits per heavy atom. The molecule has 2 aliphatic carbocycles. The third-order valence-electron chi connectivity index (χ3n) is 7.33. The van der Waals surface area contributed by atoms with Gasteiger partial charge in [0.2, 0.25) is 11.8 Å². The van der Waals surface area contributed by atoms with Crippen molar-refractivity contribution in [2.45, 2.75) is 38.5 Å². The van der Waals surface area contributed by atoms with Crippen molar-refractivity contribution in [3.8, 4) is 11.6 Å². The maximum absolute atomic E-state index is 14.8. The summed E-state index contributed by atoms with van der Waals surface area (Å²) in [7, 11) is 0. The molecule has 2 fully saturated rings. The lowest BCUT2D eigenvalue weighted by atomic mass is 9.96. The summed E-state index contributed by atoms with van der Waals surface area (Å²) >= 11 is 0. The molecule has 208 valence electrons. The van der Waals surface area contributed by atoms with E-state index in [0.717, 1.165) is 12.8 Å². The van der Waals surface area contributed by atoms with Crippen LogP contribution in [0.2, 0.25) is 0 Å². The van der Waals surface area contributed by atoms with Gasteiger partial charge in [0.25, 0.3) is 0 Å². The number of fused-ring (bicyclic) bond motifs is 1. The molecule has 0 saturated heterocycles. The fourth-order valence-electron chi connectivity index (χ4n) is 4.67. The lowest BCUT2D eigenvalue weighted by molar-refractivity contribution is -0.132. The zero-order valence-corrected chi connectivity index (χ0v) is 22.0. The minimum absolute atomic E-state index is 0.0443. The van der Waals surface area contributed by atoms with E-state index in [9.17, 15) is 23.2 Å². The molecule has 2 heterocycles. The molecule has 6 rings (SSSR count). The Morgan fingerprint density at radius 3 is 2.63 bits per heavy atom. The summed E-state index contributed by atoms with van der Waals surface area (Å²) < 4.78 is 35.5. The van der Waals surface area contributed by atoms with Crippen LogP contribution in [0.5, 0.6) is 11.6 Å². The van der Waals surface area contributed by atoms with Crippen LogP contribution in [0.1, 0.15) is 43.4 Å². The van der Waals surface area contributed by atoms with Crippen molar-refractivity contribution in [1.82, 2.24) is 14.6 Å². The molecule has 1 amide bonds. The molecule has 0 radical (unpaired) electrons. The summed E-state index contributed by atoms with van der Waals surface area (Å²) in [5, 5.41) is 6.96. The number of imidazole rings is 1. The number of benzene rings is 2. The molecule has 1 N–H and O–H groups in total. The lowest BCUT2D eigenvalue weighted by Gasteiger charge is -2.13. The van der Waals surface area contributed by atoms with Gasteiger partial charge in [-0.15, -0.1) is 5.10 Å². The first-order chi connectivity index (χ1) is 19.8. The zero-order valence-electron chi connectivity index (χ0n) is 22.0. The number of anilines is 1. The number of allylic oxidation sites excluding steroid dienone is 1. The summed E-state index contributed by atoms with van der Waals surface area (Å²) in [6.07, 6.45) is 7.66. The Hall–Kier alpha value is -4.73. The number of rotatable bonds is 11. The van der Waals surface area contributed by atoms with Gasteiger partial charge >= 0.3 is 0 Å². The number of ketones is 2. The van der Waals surface area contributed by atoms with Crippen LogP contribution in [-0.2, 0) is 20.8 Å². The Labute approximate surface area is 234 Å². The van der Waals surface area contributed by atoms with Gasteiger partial charge in [-0.2, -0.15) is 0 Å². The van der Waals surface area contributed by atoms with E-state index in [0.29, 0.717) is 29.9 Å². The number of Topliss-reactive ketones (excluding diaryl/α,β-unsaturated/α-hetero) is 2. The van der Waals surface area contributed by atoms with Crippen LogP contribution >= 0.6 is 0 Å². The number of hydrogen-bond donors (Lipinski definition) is 1. The predicted molar refractivity (Wildman–Crippen MR) is 146 cm³/mol. The van der Waals surface area contributed by atoms with Crippen molar-refractivity contribution in [1.29, 1.82) is 0 Å². The number of carbonyl (C=O) groups excluding carboxylic acids is 3. The van der Waals surface area contributed by atoms with Gasteiger partial charge in [0.15, 0.2) is 11.4 Å². The first kappa shape index (κ1) is 26.5. The quantitative estimate of drug-likeness (QED) is 0.237. The standard InChI is InChI=1S/C31H26F2N4O4/c32-21-4-2-5-22(15-21)35-30(40)31(13-14-31)27(39)6-1-3-19-9-10-24(17-25(19)33)41-29-12-11-28-34-23(18-37(28)36-29)16-26(38)20-7-8-20/h1-5,9-12,15,17-18,20H,6-8,13-14,16H2,(H,35,40)/b3-1+. The molecule has 10 heteroatoms. The summed E-state index contributed by atoms with van der Waals surface area (Å²) in [5.41, 5.74) is 0.633. The Morgan fingerprint density at radius 2 is 1.90 bits per heavy atom. The summed E-state index contributed by atoms with van der Waals surface area (Å²) in [6.45, 7) is 0. The van der Waals surface area contributed by atoms with Crippen LogP contribution in [0, 0.1) is 23.0 Å². The Kier molecular flexibility index (Phi) is 6.90. The molecular weight excluding hydrogens is 530 g/mol. The lowest BCUT2D eigenvalue weighted by Crippen LogP contribution is -2.31. The monoisotopic (exact) mass is 556 g/mol. The highest BCUT2D eigenvalue weighted by Crippen LogP contribution is 2.48. The molecule has 0 atom stereocenters. The average Bonchev–Trinajstić information content (AvgIpc) is 3.86. The van der Waals surface area contributed by atoms with Gasteiger partial charge in [-0.1, -0.05) is 18.2 Å². The number of nitrogens with zero attached hydrogens (tertiary/aromatic N) is 3. The van der Waals surface area contributed by atoms with Crippen molar-refractivity contribution in [2.24, 2.45) is 11.3 Å². The first-order valence-corrected chi connectivity index (χ1v) is 13.4. The van der Waals surface area contributed by atoms with E-state index < -0.39 is 23.0 Å². The Balaban J connectivity index is 1.06. The maximum Gasteiger partial charge on any atom is 0.238 e. The summed E-state index contributed by atoms with van der Waals surface area (Å²) in [5.74, 6) is -0.953. The van der Waals surface area contributed by atoms with Crippen molar-refractivity contribution in [2.75, 3.05) is 5.32 Å². The molecule has 2 saturated carbocycles. The van der Waals surface area contributed by atoms with E-state index in [1.165, 1.54) is 47.0 Å².